The number of halogens is 2. The summed E-state index contributed by atoms with van der Waals surface area (Å²) < 4.78 is 1.14. The largest absolute Gasteiger partial charge is 0.310 e. The predicted octanol–water partition coefficient (Wildman–Crippen LogP) is 6.20. The molecule has 0 amide bonds. The molecular weight excluding hydrogens is 393 g/mol. The van der Waals surface area contributed by atoms with Crippen LogP contribution < -0.4 is 5.32 Å². The fourth-order valence-electron chi connectivity index (χ4n) is 3.57. The molecule has 2 rings (SSSR count). The molecule has 0 heterocycles. The zero-order valence-corrected chi connectivity index (χ0v) is 16.1. The molecule has 1 N–H and O–H groups in total. The number of nitrogens with one attached hydrogen (secondary N) is 1. The molecule has 0 radical (unpaired) electrons. The van der Waals surface area contributed by atoms with Crippen LogP contribution in [-0.4, -0.2) is 6.54 Å². The van der Waals surface area contributed by atoms with Crippen molar-refractivity contribution in [2.24, 2.45) is 11.8 Å². The van der Waals surface area contributed by atoms with Crippen molar-refractivity contribution in [1.82, 2.24) is 5.32 Å². The van der Waals surface area contributed by atoms with Crippen LogP contribution in [0.5, 0.6) is 0 Å². The average Bonchev–Trinajstić information content (AvgIpc) is 2.51. The van der Waals surface area contributed by atoms with Crippen molar-refractivity contribution in [2.75, 3.05) is 6.54 Å². The molecule has 118 valence electrons. The van der Waals surface area contributed by atoms with Crippen molar-refractivity contribution in [1.29, 1.82) is 0 Å². The number of hydrogen-bond acceptors (Lipinski definition) is 1. The summed E-state index contributed by atoms with van der Waals surface area (Å²) in [4.78, 5) is 0. The van der Waals surface area contributed by atoms with Gasteiger partial charge >= 0.3 is 0 Å². The first-order valence-corrected chi connectivity index (χ1v) is 9.79. The molecule has 0 aliphatic heterocycles. The SMILES string of the molecule is CCCNC(c1ccc(I)c(Cl)c1)C1CCCC(CC)C1. The van der Waals surface area contributed by atoms with E-state index in [-0.39, 0.29) is 0 Å². The smallest absolute Gasteiger partial charge is 0.0542 e. The van der Waals surface area contributed by atoms with E-state index >= 15 is 0 Å². The first-order chi connectivity index (χ1) is 10.2. The minimum Gasteiger partial charge on any atom is -0.310 e. The number of benzene rings is 1. The van der Waals surface area contributed by atoms with Gasteiger partial charge in [-0.2, -0.15) is 0 Å². The summed E-state index contributed by atoms with van der Waals surface area (Å²) in [6, 6.07) is 7.05. The molecule has 1 aromatic rings. The summed E-state index contributed by atoms with van der Waals surface area (Å²) in [6.45, 7) is 5.66. The maximum atomic E-state index is 6.35. The summed E-state index contributed by atoms with van der Waals surface area (Å²) in [5, 5.41) is 4.67. The summed E-state index contributed by atoms with van der Waals surface area (Å²) in [5.74, 6) is 1.67. The molecule has 0 spiro atoms. The molecule has 3 atom stereocenters. The van der Waals surface area contributed by atoms with E-state index in [2.05, 4.69) is 60.0 Å². The minimum absolute atomic E-state index is 0.466. The van der Waals surface area contributed by atoms with E-state index < -0.39 is 0 Å². The van der Waals surface area contributed by atoms with Crippen molar-refractivity contribution in [3.8, 4) is 0 Å². The maximum Gasteiger partial charge on any atom is 0.0542 e. The van der Waals surface area contributed by atoms with Gasteiger partial charge in [0.1, 0.15) is 0 Å². The van der Waals surface area contributed by atoms with E-state index in [0.717, 1.165) is 27.0 Å². The normalized spacial score (nSPS) is 24.0. The first-order valence-electron chi connectivity index (χ1n) is 8.34. The Hall–Kier alpha value is 0.200. The highest BCUT2D eigenvalue weighted by Gasteiger charge is 2.28. The van der Waals surface area contributed by atoms with Crippen LogP contribution in [0.1, 0.15) is 64.0 Å². The maximum absolute atomic E-state index is 6.35. The van der Waals surface area contributed by atoms with E-state index in [1.54, 1.807) is 0 Å². The summed E-state index contributed by atoms with van der Waals surface area (Å²) in [5.41, 5.74) is 1.37. The fourth-order valence-corrected chi connectivity index (χ4v) is 4.09. The topological polar surface area (TPSA) is 12.0 Å². The van der Waals surface area contributed by atoms with Crippen molar-refractivity contribution in [3.05, 3.63) is 32.4 Å². The molecule has 21 heavy (non-hydrogen) atoms. The zero-order valence-electron chi connectivity index (χ0n) is 13.2. The van der Waals surface area contributed by atoms with Crippen molar-refractivity contribution in [2.45, 2.75) is 58.4 Å². The van der Waals surface area contributed by atoms with Gasteiger partial charge in [0.25, 0.3) is 0 Å². The quantitative estimate of drug-likeness (QED) is 0.541. The van der Waals surface area contributed by atoms with Crippen LogP contribution in [0.2, 0.25) is 5.02 Å². The minimum atomic E-state index is 0.466. The lowest BCUT2D eigenvalue weighted by molar-refractivity contribution is 0.209. The van der Waals surface area contributed by atoms with Gasteiger partial charge in [0.2, 0.25) is 0 Å². The molecule has 0 bridgehead atoms. The molecule has 0 aromatic heterocycles. The second-order valence-electron chi connectivity index (χ2n) is 6.31. The summed E-state index contributed by atoms with van der Waals surface area (Å²) in [6.07, 6.45) is 8.01. The second kappa shape index (κ2) is 8.73. The number of rotatable bonds is 6. The molecule has 1 fully saturated rings. The highest BCUT2D eigenvalue weighted by atomic mass is 127. The van der Waals surface area contributed by atoms with Gasteiger partial charge in [0, 0.05) is 9.61 Å². The van der Waals surface area contributed by atoms with Gasteiger partial charge in [-0.1, -0.05) is 50.8 Å². The molecule has 1 aliphatic carbocycles. The van der Waals surface area contributed by atoms with Gasteiger partial charge < -0.3 is 5.32 Å². The van der Waals surface area contributed by atoms with Crippen LogP contribution in [-0.2, 0) is 0 Å². The Labute approximate surface area is 148 Å². The lowest BCUT2D eigenvalue weighted by Crippen LogP contribution is -2.32. The van der Waals surface area contributed by atoms with Crippen LogP contribution in [0.3, 0.4) is 0 Å². The van der Waals surface area contributed by atoms with E-state index in [9.17, 15) is 0 Å². The molecule has 3 unspecified atom stereocenters. The van der Waals surface area contributed by atoms with E-state index in [1.165, 1.54) is 44.1 Å². The van der Waals surface area contributed by atoms with Gasteiger partial charge in [0.15, 0.2) is 0 Å². The van der Waals surface area contributed by atoms with Crippen LogP contribution >= 0.6 is 34.2 Å². The Morgan fingerprint density at radius 2 is 2.14 bits per heavy atom. The molecule has 3 heteroatoms. The van der Waals surface area contributed by atoms with Gasteiger partial charge in [0.05, 0.1) is 5.02 Å². The van der Waals surface area contributed by atoms with E-state index in [1.807, 2.05) is 0 Å². The zero-order chi connectivity index (χ0) is 15.2. The molecule has 1 nitrogen and oxygen atoms in total. The van der Waals surface area contributed by atoms with E-state index in [0.29, 0.717) is 6.04 Å². The van der Waals surface area contributed by atoms with E-state index in [4.69, 9.17) is 11.6 Å². The number of hydrogen-bond donors (Lipinski definition) is 1. The summed E-state index contributed by atoms with van der Waals surface area (Å²) in [7, 11) is 0. The summed E-state index contributed by atoms with van der Waals surface area (Å²) >= 11 is 8.66. The van der Waals surface area contributed by atoms with Crippen LogP contribution in [0.15, 0.2) is 18.2 Å². The Kier molecular flexibility index (Phi) is 7.30. The Bertz CT molecular complexity index is 449. The van der Waals surface area contributed by atoms with Crippen molar-refractivity contribution < 1.29 is 0 Å². The Morgan fingerprint density at radius 1 is 1.33 bits per heavy atom. The fraction of sp³-hybridized carbons (Fsp3) is 0.667. The second-order valence-corrected chi connectivity index (χ2v) is 7.88. The van der Waals surface area contributed by atoms with Gasteiger partial charge in [-0.3, -0.25) is 0 Å². The van der Waals surface area contributed by atoms with Gasteiger partial charge in [-0.15, -0.1) is 0 Å². The first kappa shape index (κ1) is 17.6. The lowest BCUT2D eigenvalue weighted by Gasteiger charge is -2.35. The Balaban J connectivity index is 2.18. The van der Waals surface area contributed by atoms with Gasteiger partial charge in [-0.05, 0) is 77.9 Å². The van der Waals surface area contributed by atoms with Crippen molar-refractivity contribution >= 4 is 34.2 Å². The predicted molar refractivity (Wildman–Crippen MR) is 101 cm³/mol. The van der Waals surface area contributed by atoms with Crippen LogP contribution in [0.4, 0.5) is 0 Å². The third kappa shape index (κ3) is 4.84. The molecule has 0 saturated heterocycles. The van der Waals surface area contributed by atoms with Crippen molar-refractivity contribution in [3.63, 3.8) is 0 Å². The monoisotopic (exact) mass is 419 g/mol. The highest BCUT2D eigenvalue weighted by Crippen LogP contribution is 2.39. The third-order valence-corrected chi connectivity index (χ3v) is 6.36. The molecule has 1 saturated carbocycles. The lowest BCUT2D eigenvalue weighted by atomic mass is 9.75. The molecule has 1 aliphatic rings. The standard InChI is InChI=1S/C18H27ClIN/c1-3-10-21-18(14-7-5-6-13(4-2)11-14)15-8-9-17(20)16(19)12-15/h8-9,12-14,18,21H,3-7,10-11H2,1-2H3. The third-order valence-electron chi connectivity index (χ3n) is 4.79. The molecular formula is C18H27ClIN. The Morgan fingerprint density at radius 3 is 2.81 bits per heavy atom. The highest BCUT2D eigenvalue weighted by molar-refractivity contribution is 14.1. The van der Waals surface area contributed by atoms with Crippen LogP contribution in [0, 0.1) is 15.4 Å². The average molecular weight is 420 g/mol. The molecule has 1 aromatic carbocycles. The van der Waals surface area contributed by atoms with Gasteiger partial charge in [-0.25, -0.2) is 0 Å². The van der Waals surface area contributed by atoms with Crippen LogP contribution in [0.25, 0.3) is 0 Å².